The van der Waals surface area contributed by atoms with Crippen LogP contribution < -0.4 is 0 Å². The summed E-state index contributed by atoms with van der Waals surface area (Å²) in [4.78, 5) is 36.1. The fraction of sp³-hybridized carbons (Fsp3) is 0. The van der Waals surface area contributed by atoms with Gasteiger partial charge in [-0.1, -0.05) is 24.3 Å². The highest BCUT2D eigenvalue weighted by Gasteiger charge is 2.40. The molecule has 0 spiro atoms. The van der Waals surface area contributed by atoms with E-state index < -0.39 is 27.9 Å². The Hall–Kier alpha value is -2.81. The van der Waals surface area contributed by atoms with Crippen molar-refractivity contribution >= 4 is 11.6 Å². The minimum Gasteiger partial charge on any atom is -0.302 e. The Balaban J connectivity index is 2.79. The molecule has 0 N–H and O–H groups in total. The van der Waals surface area contributed by atoms with Gasteiger partial charge in [0.1, 0.15) is 0 Å². The number of allylic oxidation sites excluding steroid dienone is 2. The average molecular weight is 228 g/mol. The van der Waals surface area contributed by atoms with Crippen LogP contribution in [0.15, 0.2) is 35.7 Å². The van der Waals surface area contributed by atoms with E-state index in [1.807, 2.05) is 0 Å². The molecule has 0 heterocycles. The standard InChI is InChI=1S/C11H4N2O4/c1-12-8-9(13(16)17)11(15)7-5-3-2-4-6(7)10(8)14/h2-5H. The zero-order valence-corrected chi connectivity index (χ0v) is 8.34. The third-order valence-corrected chi connectivity index (χ3v) is 2.37. The summed E-state index contributed by atoms with van der Waals surface area (Å²) in [6.45, 7) is 6.77. The number of carbonyl (C=O) groups is 2. The molecule has 0 bridgehead atoms. The van der Waals surface area contributed by atoms with E-state index in [1.54, 1.807) is 0 Å². The lowest BCUT2D eigenvalue weighted by Crippen LogP contribution is -2.24. The zero-order valence-electron chi connectivity index (χ0n) is 8.34. The van der Waals surface area contributed by atoms with E-state index in [1.165, 1.54) is 24.3 Å². The molecule has 1 aliphatic carbocycles. The molecule has 1 aliphatic rings. The Labute approximate surface area is 95.1 Å². The number of rotatable bonds is 1. The molecule has 0 aliphatic heterocycles. The van der Waals surface area contributed by atoms with Crippen molar-refractivity contribution in [2.24, 2.45) is 0 Å². The lowest BCUT2D eigenvalue weighted by molar-refractivity contribution is -0.417. The third-order valence-electron chi connectivity index (χ3n) is 2.37. The molecule has 0 unspecified atom stereocenters. The molecule has 2 rings (SSSR count). The maximum atomic E-state index is 11.8. The first-order valence-electron chi connectivity index (χ1n) is 4.52. The summed E-state index contributed by atoms with van der Waals surface area (Å²) in [5.74, 6) is -1.67. The molecular weight excluding hydrogens is 224 g/mol. The second kappa shape index (κ2) is 3.64. The fourth-order valence-electron chi connectivity index (χ4n) is 1.62. The predicted octanol–water partition coefficient (Wildman–Crippen LogP) is 1.47. The van der Waals surface area contributed by atoms with E-state index in [4.69, 9.17) is 6.57 Å². The van der Waals surface area contributed by atoms with Gasteiger partial charge in [0.25, 0.3) is 5.78 Å². The van der Waals surface area contributed by atoms with Gasteiger partial charge in [0.15, 0.2) is 0 Å². The normalized spacial score (nSPS) is 14.3. The molecule has 0 atom stereocenters. The Morgan fingerprint density at radius 1 is 1.12 bits per heavy atom. The summed E-state index contributed by atoms with van der Waals surface area (Å²) in [6.07, 6.45) is 0. The highest BCUT2D eigenvalue weighted by atomic mass is 16.6. The SMILES string of the molecule is [C-]#[N+]C1=C([N+](=O)[O-])C(=O)c2ccccc2C1=O. The second-order valence-electron chi connectivity index (χ2n) is 3.27. The van der Waals surface area contributed by atoms with Crippen molar-refractivity contribution in [3.05, 3.63) is 68.3 Å². The van der Waals surface area contributed by atoms with Gasteiger partial charge >= 0.3 is 11.4 Å². The fourth-order valence-corrected chi connectivity index (χ4v) is 1.62. The van der Waals surface area contributed by atoms with Gasteiger partial charge in [-0.15, -0.1) is 0 Å². The average Bonchev–Trinajstić information content (AvgIpc) is 2.33. The highest BCUT2D eigenvalue weighted by Crippen LogP contribution is 2.27. The molecule has 0 radical (unpaired) electrons. The molecule has 17 heavy (non-hydrogen) atoms. The number of hydrogen-bond donors (Lipinski definition) is 0. The van der Waals surface area contributed by atoms with Gasteiger partial charge in [0.05, 0.1) is 11.5 Å². The Kier molecular flexibility index (Phi) is 2.29. The summed E-state index contributed by atoms with van der Waals surface area (Å²) >= 11 is 0. The van der Waals surface area contributed by atoms with Crippen LogP contribution in [0, 0.1) is 16.7 Å². The van der Waals surface area contributed by atoms with E-state index >= 15 is 0 Å². The van der Waals surface area contributed by atoms with Crippen molar-refractivity contribution in [2.45, 2.75) is 0 Å². The molecule has 0 amide bonds. The van der Waals surface area contributed by atoms with Crippen LogP contribution in [0.2, 0.25) is 0 Å². The van der Waals surface area contributed by atoms with E-state index in [0.717, 1.165) is 0 Å². The van der Waals surface area contributed by atoms with Crippen LogP contribution in [-0.2, 0) is 0 Å². The van der Waals surface area contributed by atoms with Gasteiger partial charge in [-0.3, -0.25) is 14.9 Å². The van der Waals surface area contributed by atoms with Crippen molar-refractivity contribution in [1.82, 2.24) is 0 Å². The molecule has 0 fully saturated rings. The van der Waals surface area contributed by atoms with E-state index in [9.17, 15) is 19.7 Å². The maximum Gasteiger partial charge on any atom is 0.330 e. The third kappa shape index (κ3) is 1.41. The van der Waals surface area contributed by atoms with Gasteiger partial charge in [0, 0.05) is 11.1 Å². The second-order valence-corrected chi connectivity index (χ2v) is 3.27. The Morgan fingerprint density at radius 3 is 2.12 bits per heavy atom. The van der Waals surface area contributed by atoms with Gasteiger partial charge < -0.3 is 4.79 Å². The summed E-state index contributed by atoms with van der Waals surface area (Å²) < 4.78 is 0. The molecule has 1 aromatic rings. The molecule has 0 aromatic heterocycles. The van der Waals surface area contributed by atoms with Crippen LogP contribution in [0.5, 0.6) is 0 Å². The molecule has 82 valence electrons. The number of fused-ring (bicyclic) bond motifs is 1. The molecule has 0 saturated heterocycles. The first-order chi connectivity index (χ1) is 8.07. The number of benzene rings is 1. The highest BCUT2D eigenvalue weighted by molar-refractivity contribution is 6.26. The predicted molar refractivity (Wildman–Crippen MR) is 55.7 cm³/mol. The van der Waals surface area contributed by atoms with Crippen LogP contribution in [0.4, 0.5) is 0 Å². The van der Waals surface area contributed by atoms with Crippen molar-refractivity contribution in [3.8, 4) is 0 Å². The first-order valence-corrected chi connectivity index (χ1v) is 4.52. The molecule has 6 nitrogen and oxygen atoms in total. The molecule has 0 saturated carbocycles. The van der Waals surface area contributed by atoms with Crippen LogP contribution in [-0.4, -0.2) is 16.5 Å². The number of Topliss-reactive ketones (excluding diaryl/α,β-unsaturated/α-hetero) is 2. The van der Waals surface area contributed by atoms with Gasteiger partial charge in [-0.2, -0.15) is 0 Å². The summed E-state index contributed by atoms with van der Waals surface area (Å²) in [6, 6.07) is 5.74. The number of nitrogens with zero attached hydrogens (tertiary/aromatic N) is 2. The maximum absolute atomic E-state index is 11.8. The van der Waals surface area contributed by atoms with Crippen molar-refractivity contribution in [1.29, 1.82) is 0 Å². The first kappa shape index (κ1) is 10.7. The number of ketones is 2. The topological polar surface area (TPSA) is 81.6 Å². The smallest absolute Gasteiger partial charge is 0.302 e. The minimum absolute atomic E-state index is 0.0309. The van der Waals surface area contributed by atoms with Crippen molar-refractivity contribution in [3.63, 3.8) is 0 Å². The lowest BCUT2D eigenvalue weighted by Gasteiger charge is -2.11. The number of nitro groups is 1. The van der Waals surface area contributed by atoms with E-state index in [-0.39, 0.29) is 11.1 Å². The Morgan fingerprint density at radius 2 is 1.65 bits per heavy atom. The summed E-state index contributed by atoms with van der Waals surface area (Å²) in [5.41, 5.74) is -1.66. The number of hydrogen-bond acceptors (Lipinski definition) is 4. The van der Waals surface area contributed by atoms with Gasteiger partial charge in [-0.05, 0) is 0 Å². The lowest BCUT2D eigenvalue weighted by atomic mass is 9.91. The molecular formula is C11H4N2O4. The van der Waals surface area contributed by atoms with Crippen LogP contribution in [0.1, 0.15) is 20.7 Å². The van der Waals surface area contributed by atoms with Crippen molar-refractivity contribution < 1.29 is 14.5 Å². The quantitative estimate of drug-likeness (QED) is 0.414. The summed E-state index contributed by atoms with van der Waals surface area (Å²) in [7, 11) is 0. The van der Waals surface area contributed by atoms with E-state index in [2.05, 4.69) is 4.85 Å². The largest absolute Gasteiger partial charge is 0.330 e. The Bertz CT molecular complexity index is 637. The van der Waals surface area contributed by atoms with Crippen LogP contribution in [0.3, 0.4) is 0 Å². The van der Waals surface area contributed by atoms with Crippen LogP contribution >= 0.6 is 0 Å². The van der Waals surface area contributed by atoms with Crippen LogP contribution in [0.25, 0.3) is 4.85 Å². The zero-order chi connectivity index (χ0) is 12.6. The molecule has 1 aromatic carbocycles. The summed E-state index contributed by atoms with van der Waals surface area (Å²) in [5, 5.41) is 10.7. The number of carbonyl (C=O) groups excluding carboxylic acids is 2. The monoisotopic (exact) mass is 228 g/mol. The van der Waals surface area contributed by atoms with Crippen molar-refractivity contribution in [2.75, 3.05) is 0 Å². The molecule has 6 heteroatoms. The minimum atomic E-state index is -0.983. The van der Waals surface area contributed by atoms with Gasteiger partial charge in [0.2, 0.25) is 5.78 Å². The van der Waals surface area contributed by atoms with Gasteiger partial charge in [-0.25, -0.2) is 4.85 Å². The van der Waals surface area contributed by atoms with E-state index in [0.29, 0.717) is 0 Å².